The number of nitrogens with zero attached hydrogens (tertiary/aromatic N) is 1. The number of hydrogen-bond acceptors (Lipinski definition) is 4. The highest BCUT2D eigenvalue weighted by Gasteiger charge is 2.18. The largest absolute Gasteiger partial charge is 0.456 e. The summed E-state index contributed by atoms with van der Waals surface area (Å²) in [5, 5.41) is 12.4. The minimum atomic E-state index is 0.857. The van der Waals surface area contributed by atoms with E-state index in [1.165, 1.54) is 27.8 Å². The third kappa shape index (κ3) is 5.29. The lowest BCUT2D eigenvalue weighted by atomic mass is 10.0. The van der Waals surface area contributed by atoms with Crippen LogP contribution in [0.4, 0.5) is 28.4 Å². The van der Waals surface area contributed by atoms with Crippen LogP contribution in [0.5, 0.6) is 0 Å². The molecule has 4 nitrogen and oxygen atoms in total. The van der Waals surface area contributed by atoms with Crippen LogP contribution in [0.25, 0.3) is 65.4 Å². The predicted octanol–water partition coefficient (Wildman–Crippen LogP) is 14.5. The van der Waals surface area contributed by atoms with Gasteiger partial charge in [-0.05, 0) is 170 Å². The molecule has 10 rings (SSSR count). The van der Waals surface area contributed by atoms with Crippen molar-refractivity contribution in [2.24, 2.45) is 0 Å². The second-order valence-corrected chi connectivity index (χ2v) is 14.7. The van der Waals surface area contributed by atoms with Crippen LogP contribution < -0.4 is 10.2 Å². The number of rotatable bonds is 5. The van der Waals surface area contributed by atoms with Gasteiger partial charge in [0, 0.05) is 50.0 Å². The molecule has 0 amide bonds. The van der Waals surface area contributed by atoms with Gasteiger partial charge >= 0.3 is 0 Å². The van der Waals surface area contributed by atoms with E-state index in [0.29, 0.717) is 0 Å². The zero-order chi connectivity index (χ0) is 36.0. The molecule has 0 radical (unpaired) electrons. The van der Waals surface area contributed by atoms with Gasteiger partial charge in [0.2, 0.25) is 0 Å². The fourth-order valence-electron chi connectivity index (χ4n) is 7.82. The van der Waals surface area contributed by atoms with Gasteiger partial charge in [-0.15, -0.1) is 0 Å². The van der Waals surface area contributed by atoms with E-state index < -0.39 is 0 Å². The number of aryl methyl sites for hydroxylation is 4. The Kier molecular flexibility index (Phi) is 6.93. The molecule has 0 aliphatic heterocycles. The molecule has 0 atom stereocenters. The standard InChI is InChI=1S/C49H38N2O2/c1-28-6-12-37(13-7-28)50-38-14-10-33-22-42-44-26-49-45(27-48(44)52-46(42)24-35(33)20-38)43-23-34-11-17-40(21-36(34)25-47(43)53-49)51(39-15-8-29(2)9-16-39)41-18-30(3)32(5)31(4)19-41/h6-27,50H,1-5H3. The highest BCUT2D eigenvalue weighted by atomic mass is 16.3. The van der Waals surface area contributed by atoms with Crippen LogP contribution in [0, 0.1) is 34.6 Å². The summed E-state index contributed by atoms with van der Waals surface area (Å²) in [5.41, 5.74) is 15.3. The van der Waals surface area contributed by atoms with E-state index >= 15 is 0 Å². The molecule has 0 saturated carbocycles. The monoisotopic (exact) mass is 686 g/mol. The van der Waals surface area contributed by atoms with E-state index in [2.05, 4.69) is 178 Å². The van der Waals surface area contributed by atoms with Gasteiger partial charge in [0.05, 0.1) is 0 Å². The SMILES string of the molecule is Cc1ccc(Nc2ccc3cc4c(cc3c2)oc2cc3c(cc24)oc2cc4cc(N(c5ccc(C)cc5)c5cc(C)c(C)c(C)c5)ccc4cc23)cc1. The topological polar surface area (TPSA) is 41.6 Å². The minimum absolute atomic E-state index is 0.857. The average Bonchev–Trinajstić information content (AvgIpc) is 3.68. The molecule has 0 fully saturated rings. The van der Waals surface area contributed by atoms with Crippen LogP contribution in [-0.4, -0.2) is 0 Å². The molecule has 0 saturated heterocycles. The van der Waals surface area contributed by atoms with Gasteiger partial charge in [0.1, 0.15) is 22.3 Å². The summed E-state index contributed by atoms with van der Waals surface area (Å²) in [4.78, 5) is 2.35. The Hall–Kier alpha value is -6.52. The molecular weight excluding hydrogens is 649 g/mol. The second-order valence-electron chi connectivity index (χ2n) is 14.7. The molecule has 0 bridgehead atoms. The van der Waals surface area contributed by atoms with Crippen molar-refractivity contribution in [1.82, 2.24) is 0 Å². The highest BCUT2D eigenvalue weighted by molar-refractivity contribution is 6.18. The Labute approximate surface area is 307 Å². The van der Waals surface area contributed by atoms with Gasteiger partial charge in [-0.2, -0.15) is 0 Å². The van der Waals surface area contributed by atoms with E-state index in [-0.39, 0.29) is 0 Å². The van der Waals surface area contributed by atoms with Crippen LogP contribution in [-0.2, 0) is 0 Å². The number of hydrogen-bond donors (Lipinski definition) is 1. The van der Waals surface area contributed by atoms with Gasteiger partial charge in [0.15, 0.2) is 0 Å². The molecule has 10 aromatic rings. The molecule has 8 aromatic carbocycles. The summed E-state index contributed by atoms with van der Waals surface area (Å²) in [6.07, 6.45) is 0. The van der Waals surface area contributed by atoms with Crippen LogP contribution in [0.1, 0.15) is 27.8 Å². The van der Waals surface area contributed by atoms with Crippen molar-refractivity contribution in [3.05, 3.63) is 161 Å². The normalized spacial score (nSPS) is 11.9. The van der Waals surface area contributed by atoms with E-state index in [9.17, 15) is 0 Å². The predicted molar refractivity (Wildman–Crippen MR) is 224 cm³/mol. The van der Waals surface area contributed by atoms with Crippen LogP contribution in [0.15, 0.2) is 142 Å². The van der Waals surface area contributed by atoms with Crippen LogP contribution >= 0.6 is 0 Å². The summed E-state index contributed by atoms with van der Waals surface area (Å²) >= 11 is 0. The van der Waals surface area contributed by atoms with E-state index in [0.717, 1.165) is 93.9 Å². The first kappa shape index (κ1) is 31.2. The molecule has 0 aliphatic carbocycles. The van der Waals surface area contributed by atoms with E-state index in [1.807, 2.05) is 0 Å². The first-order chi connectivity index (χ1) is 25.7. The van der Waals surface area contributed by atoms with Gasteiger partial charge in [-0.25, -0.2) is 0 Å². The number of furan rings is 2. The Morgan fingerprint density at radius 2 is 0.849 bits per heavy atom. The van der Waals surface area contributed by atoms with Crippen molar-refractivity contribution >= 4 is 93.9 Å². The third-order valence-corrected chi connectivity index (χ3v) is 11.0. The quantitative estimate of drug-likeness (QED) is 0.196. The number of anilines is 5. The van der Waals surface area contributed by atoms with Crippen molar-refractivity contribution < 1.29 is 8.83 Å². The third-order valence-electron chi connectivity index (χ3n) is 11.0. The van der Waals surface area contributed by atoms with E-state index in [1.54, 1.807) is 0 Å². The van der Waals surface area contributed by atoms with Crippen LogP contribution in [0.2, 0.25) is 0 Å². The maximum absolute atomic E-state index is 6.62. The van der Waals surface area contributed by atoms with Gasteiger partial charge in [-0.1, -0.05) is 47.5 Å². The highest BCUT2D eigenvalue weighted by Crippen LogP contribution is 2.42. The number of fused-ring (bicyclic) bond motifs is 8. The molecule has 2 aromatic heterocycles. The van der Waals surface area contributed by atoms with Crippen LogP contribution in [0.3, 0.4) is 0 Å². The maximum atomic E-state index is 6.62. The van der Waals surface area contributed by atoms with Crippen molar-refractivity contribution in [1.29, 1.82) is 0 Å². The lowest BCUT2D eigenvalue weighted by Gasteiger charge is -2.27. The molecule has 256 valence electrons. The Balaban J connectivity index is 1.06. The minimum Gasteiger partial charge on any atom is -0.456 e. The summed E-state index contributed by atoms with van der Waals surface area (Å²) < 4.78 is 13.2. The van der Waals surface area contributed by atoms with Crippen molar-refractivity contribution in [2.75, 3.05) is 10.2 Å². The van der Waals surface area contributed by atoms with Crippen molar-refractivity contribution in [2.45, 2.75) is 34.6 Å². The molecule has 1 N–H and O–H groups in total. The number of benzene rings is 8. The Morgan fingerprint density at radius 1 is 0.377 bits per heavy atom. The summed E-state index contributed by atoms with van der Waals surface area (Å²) in [6.45, 7) is 10.8. The molecular formula is C49H38N2O2. The smallest absolute Gasteiger partial charge is 0.136 e. The molecule has 4 heteroatoms. The summed E-state index contributed by atoms with van der Waals surface area (Å²) in [7, 11) is 0. The molecule has 53 heavy (non-hydrogen) atoms. The molecule has 0 unspecified atom stereocenters. The van der Waals surface area contributed by atoms with Gasteiger partial charge in [-0.3, -0.25) is 0 Å². The maximum Gasteiger partial charge on any atom is 0.136 e. The van der Waals surface area contributed by atoms with Gasteiger partial charge in [0.25, 0.3) is 0 Å². The first-order valence-electron chi connectivity index (χ1n) is 18.2. The Bertz CT molecular complexity index is 3050. The fourth-order valence-corrected chi connectivity index (χ4v) is 7.82. The first-order valence-corrected chi connectivity index (χ1v) is 18.2. The number of nitrogens with one attached hydrogen (secondary N) is 1. The molecule has 0 aliphatic rings. The lowest BCUT2D eigenvalue weighted by Crippen LogP contribution is -2.11. The fraction of sp³-hybridized carbons (Fsp3) is 0.102. The molecule has 2 heterocycles. The van der Waals surface area contributed by atoms with Gasteiger partial charge < -0.3 is 19.1 Å². The second kappa shape index (κ2) is 11.8. The van der Waals surface area contributed by atoms with Crippen molar-refractivity contribution in [3.8, 4) is 0 Å². The summed E-state index contributed by atoms with van der Waals surface area (Å²) in [6, 6.07) is 48.1. The molecule has 0 spiro atoms. The van der Waals surface area contributed by atoms with Crippen molar-refractivity contribution in [3.63, 3.8) is 0 Å². The Morgan fingerprint density at radius 3 is 1.45 bits per heavy atom. The zero-order valence-corrected chi connectivity index (χ0v) is 30.5. The lowest BCUT2D eigenvalue weighted by molar-refractivity contribution is 0.664. The van der Waals surface area contributed by atoms with E-state index in [4.69, 9.17) is 8.83 Å². The average molecular weight is 687 g/mol. The summed E-state index contributed by atoms with van der Waals surface area (Å²) in [5.74, 6) is 0. The zero-order valence-electron chi connectivity index (χ0n) is 30.5.